The van der Waals surface area contributed by atoms with E-state index in [9.17, 15) is 33.6 Å². The molecule has 10 unspecified atom stereocenters. The molecule has 11 fully saturated rings. The van der Waals surface area contributed by atoms with E-state index in [0.29, 0.717) is 43.5 Å². The van der Waals surface area contributed by atoms with Crippen LogP contribution < -0.4 is 0 Å². The number of fused-ring (bicyclic) bond motifs is 1. The topological polar surface area (TPSA) is 212 Å². The smallest absolute Gasteiger partial charge is 0.469 e. The van der Waals surface area contributed by atoms with Crippen molar-refractivity contribution < 1.29 is 80.9 Å². The summed E-state index contributed by atoms with van der Waals surface area (Å²) in [7, 11) is 2.80. The summed E-state index contributed by atoms with van der Waals surface area (Å²) >= 11 is 0. The van der Waals surface area contributed by atoms with Gasteiger partial charge in [-0.15, -0.1) is 0 Å². The molecule has 0 aromatic heterocycles. The van der Waals surface area contributed by atoms with Crippen LogP contribution in [0.2, 0.25) is 0 Å². The van der Waals surface area contributed by atoms with Crippen molar-refractivity contribution in [2.75, 3.05) is 53.9 Å². The maximum atomic E-state index is 12.3. The van der Waals surface area contributed by atoms with E-state index in [1.807, 2.05) is 0 Å². The minimum absolute atomic E-state index is 0.00223. The minimum atomic E-state index is -0.554. The van der Waals surface area contributed by atoms with Gasteiger partial charge in [-0.05, 0) is 114 Å². The van der Waals surface area contributed by atoms with E-state index >= 15 is 0 Å². The number of ether oxygens (including phenoxy) is 10. The van der Waals surface area contributed by atoms with Crippen LogP contribution in [0.1, 0.15) is 111 Å². The number of esters is 6. The molecule has 352 valence electrons. The molecule has 0 N–H and O–H groups in total. The van der Waals surface area contributed by atoms with Crippen molar-refractivity contribution in [3.8, 4) is 0 Å². The number of rotatable bonds is 14. The van der Waals surface area contributed by atoms with Crippen LogP contribution in [-0.4, -0.2) is 119 Å². The normalized spacial score (nSPS) is 39.7. The molecule has 0 radical (unpaired) electrons. The molecular weight excluding hydrogens is 824 g/mol. The van der Waals surface area contributed by atoms with Gasteiger partial charge in [0.15, 0.2) is 0 Å². The summed E-state index contributed by atoms with van der Waals surface area (Å²) in [6.07, 6.45) is 11.6. The molecular formula is C46H66O17. The van der Waals surface area contributed by atoms with Gasteiger partial charge in [0.05, 0.1) is 69.6 Å². The molecule has 1 saturated heterocycles. The summed E-state index contributed by atoms with van der Waals surface area (Å²) in [5, 5.41) is 0. The number of hydrogen-bond donors (Lipinski definition) is 0. The Hall–Kier alpha value is -3.99. The average molecular weight is 891 g/mol. The first-order valence-electron chi connectivity index (χ1n) is 22.8. The lowest BCUT2D eigenvalue weighted by Gasteiger charge is -2.60. The third kappa shape index (κ3) is 9.98. The van der Waals surface area contributed by atoms with Gasteiger partial charge < -0.3 is 47.4 Å². The minimum Gasteiger partial charge on any atom is -0.469 e. The number of carbonyl (C=O) groups excluding carboxylic acids is 7. The van der Waals surface area contributed by atoms with E-state index in [2.05, 4.69) is 0 Å². The Labute approximate surface area is 368 Å². The average Bonchev–Trinajstić information content (AvgIpc) is 3.83. The largest absolute Gasteiger partial charge is 0.508 e. The Morgan fingerprint density at radius 3 is 1.81 bits per heavy atom. The predicted octanol–water partition coefficient (Wildman–Crippen LogP) is 5.05. The van der Waals surface area contributed by atoms with Crippen LogP contribution >= 0.6 is 0 Å². The molecule has 0 amide bonds. The number of hydrogen-bond acceptors (Lipinski definition) is 17. The van der Waals surface area contributed by atoms with Gasteiger partial charge >= 0.3 is 42.0 Å². The Morgan fingerprint density at radius 2 is 1.24 bits per heavy atom. The summed E-state index contributed by atoms with van der Waals surface area (Å²) in [5.74, 6) is -0.257. The molecule has 63 heavy (non-hydrogen) atoms. The van der Waals surface area contributed by atoms with Gasteiger partial charge in [0.1, 0.15) is 24.9 Å². The van der Waals surface area contributed by atoms with E-state index in [1.54, 1.807) is 6.92 Å². The molecule has 17 heteroatoms. The molecule has 10 saturated carbocycles. The Morgan fingerprint density at radius 1 is 0.651 bits per heavy atom. The molecule has 10 aliphatic carbocycles. The zero-order chi connectivity index (χ0) is 45.3. The second-order valence-electron chi connectivity index (χ2n) is 20.0. The SMILES string of the molecule is CCOC(=O)OC12CC3CC(CC(COC(C)=O)(C3)C1)C2.COC(=O)C12CC3CC(CC(OCCOC(C)=O)(C3)C1)C2.COC(=O)C1C2CC3C(OC(=O)C31)C2OCCOC(C)=O. The van der Waals surface area contributed by atoms with Gasteiger partial charge in [-0.25, -0.2) is 4.79 Å². The first kappa shape index (κ1) is 47.0. The maximum Gasteiger partial charge on any atom is 0.508 e. The van der Waals surface area contributed by atoms with Crippen LogP contribution in [0.4, 0.5) is 4.79 Å². The summed E-state index contributed by atoms with van der Waals surface area (Å²) < 4.78 is 52.9. The van der Waals surface area contributed by atoms with Crippen molar-refractivity contribution in [3.63, 3.8) is 0 Å². The fraction of sp³-hybridized carbons (Fsp3) is 0.848. The van der Waals surface area contributed by atoms with Crippen molar-refractivity contribution >= 4 is 42.0 Å². The van der Waals surface area contributed by atoms with Crippen molar-refractivity contribution in [3.05, 3.63) is 0 Å². The highest BCUT2D eigenvalue weighted by Crippen LogP contribution is 2.64. The van der Waals surface area contributed by atoms with Crippen LogP contribution in [0, 0.1) is 58.2 Å². The van der Waals surface area contributed by atoms with Gasteiger partial charge in [0, 0.05) is 38.0 Å². The van der Waals surface area contributed by atoms with Crippen molar-refractivity contribution in [1.82, 2.24) is 0 Å². The first-order valence-corrected chi connectivity index (χ1v) is 22.8. The van der Waals surface area contributed by atoms with Gasteiger partial charge in [0.25, 0.3) is 0 Å². The monoisotopic (exact) mass is 890 g/mol. The maximum absolute atomic E-state index is 12.3. The standard InChI is InChI=1S/2C16H24O5.C14H18O7/c1-11(17)20-3-4-21-16-8-12-5-13(9-16)7-15(6-12,10-16)14(18)19-2;1-3-19-14(18)21-16-7-12-4-13(8-16)6-15(5-12,9-16)10-20-11(2)17;1-6(15)19-3-4-20-11-7-5-8-10(9(7)13(16)18-2)14(17)21-12(8)11/h2*12-13H,3-10H2,1-2H3;7-12H,3-5H2,1-2H3. The summed E-state index contributed by atoms with van der Waals surface area (Å²) in [4.78, 5) is 80.6. The first-order chi connectivity index (χ1) is 30.0. The molecule has 0 aromatic rings. The molecule has 1 heterocycles. The van der Waals surface area contributed by atoms with Crippen LogP contribution in [0.3, 0.4) is 0 Å². The fourth-order valence-electron chi connectivity index (χ4n) is 14.5. The van der Waals surface area contributed by atoms with Crippen LogP contribution in [0.5, 0.6) is 0 Å². The summed E-state index contributed by atoms with van der Waals surface area (Å²) in [6, 6.07) is 0. The van der Waals surface area contributed by atoms with Gasteiger partial charge in [0.2, 0.25) is 0 Å². The highest BCUT2D eigenvalue weighted by Gasteiger charge is 2.69. The summed E-state index contributed by atoms with van der Waals surface area (Å²) in [6.45, 7) is 7.83. The second-order valence-corrected chi connectivity index (χ2v) is 20.0. The van der Waals surface area contributed by atoms with Crippen molar-refractivity contribution in [1.29, 1.82) is 0 Å². The molecule has 0 aromatic carbocycles. The highest BCUT2D eigenvalue weighted by molar-refractivity contribution is 5.86. The molecule has 10 bridgehead atoms. The van der Waals surface area contributed by atoms with Gasteiger partial charge in [-0.1, -0.05) is 0 Å². The third-order valence-electron chi connectivity index (χ3n) is 15.4. The van der Waals surface area contributed by atoms with Crippen LogP contribution in [0.25, 0.3) is 0 Å². The number of methoxy groups -OCH3 is 2. The molecule has 11 rings (SSSR count). The van der Waals surface area contributed by atoms with E-state index in [4.69, 9.17) is 47.4 Å². The molecule has 17 nitrogen and oxygen atoms in total. The van der Waals surface area contributed by atoms with E-state index in [-0.39, 0.29) is 102 Å². The van der Waals surface area contributed by atoms with Crippen molar-refractivity contribution in [2.24, 2.45) is 58.2 Å². The zero-order valence-electron chi connectivity index (χ0n) is 37.6. The van der Waals surface area contributed by atoms with E-state index in [1.165, 1.54) is 47.8 Å². The van der Waals surface area contributed by atoms with E-state index in [0.717, 1.165) is 70.6 Å². The fourth-order valence-corrected chi connectivity index (χ4v) is 14.5. The van der Waals surface area contributed by atoms with Gasteiger partial charge in [-0.3, -0.25) is 28.8 Å². The molecule has 11 aliphatic rings. The van der Waals surface area contributed by atoms with Crippen molar-refractivity contribution in [2.45, 2.75) is 135 Å². The lowest BCUT2D eigenvalue weighted by Crippen LogP contribution is -2.59. The summed E-state index contributed by atoms with van der Waals surface area (Å²) in [5.41, 5.74) is -0.933. The zero-order valence-corrected chi connectivity index (χ0v) is 37.6. The quantitative estimate of drug-likeness (QED) is 0.127. The Bertz CT molecular complexity index is 1730. The molecule has 1 aliphatic heterocycles. The highest BCUT2D eigenvalue weighted by atomic mass is 16.7. The van der Waals surface area contributed by atoms with Crippen LogP contribution in [0.15, 0.2) is 0 Å². The third-order valence-corrected chi connectivity index (χ3v) is 15.4. The Kier molecular flexibility index (Phi) is 14.1. The molecule has 10 atom stereocenters. The Balaban J connectivity index is 0.000000142. The van der Waals surface area contributed by atoms with E-state index < -0.39 is 17.7 Å². The lowest BCUT2D eigenvalue weighted by molar-refractivity contribution is -0.211. The van der Waals surface area contributed by atoms with Gasteiger partial charge in [-0.2, -0.15) is 0 Å². The second kappa shape index (κ2) is 18.9. The molecule has 0 spiro atoms. The van der Waals surface area contributed by atoms with Crippen LogP contribution in [-0.2, 0) is 76.1 Å². The number of carbonyl (C=O) groups is 7. The lowest BCUT2D eigenvalue weighted by atomic mass is 9.48. The predicted molar refractivity (Wildman–Crippen MR) is 216 cm³/mol.